The molecule has 10 nitrogen and oxygen atoms in total. The van der Waals surface area contributed by atoms with Gasteiger partial charge in [-0.25, -0.2) is 0 Å². The summed E-state index contributed by atoms with van der Waals surface area (Å²) < 4.78 is 50.1. The van der Waals surface area contributed by atoms with Crippen LogP contribution in [0.4, 0.5) is 13.2 Å². The van der Waals surface area contributed by atoms with Crippen LogP contribution in [0.1, 0.15) is 75.8 Å². The van der Waals surface area contributed by atoms with Gasteiger partial charge < -0.3 is 35.2 Å². The lowest BCUT2D eigenvalue weighted by atomic mass is 9.73. The summed E-state index contributed by atoms with van der Waals surface area (Å²) in [6.45, 7) is 2.78. The van der Waals surface area contributed by atoms with E-state index in [-0.39, 0.29) is 35.1 Å². The first-order valence-electron chi connectivity index (χ1n) is 12.5. The van der Waals surface area contributed by atoms with E-state index in [9.17, 15) is 48.0 Å². The smallest absolute Gasteiger partial charge is 0.471 e. The lowest BCUT2D eigenvalue weighted by Gasteiger charge is -2.42. The van der Waals surface area contributed by atoms with E-state index in [0.717, 1.165) is 0 Å². The molecule has 0 bridgehead atoms. The molecule has 0 unspecified atom stereocenters. The first-order chi connectivity index (χ1) is 18.6. The molecule has 6 atom stereocenters. The Balaban J connectivity index is 1.53. The molecule has 5 N–H and O–H groups in total. The van der Waals surface area contributed by atoms with Gasteiger partial charge in [0.1, 0.15) is 17.6 Å². The maximum absolute atomic E-state index is 13.3. The van der Waals surface area contributed by atoms with Gasteiger partial charge in [0.2, 0.25) is 0 Å². The average molecular weight is 565 g/mol. The number of aliphatic hydroxyl groups excluding tert-OH is 1. The van der Waals surface area contributed by atoms with Crippen molar-refractivity contribution in [2.24, 2.45) is 0 Å². The van der Waals surface area contributed by atoms with Gasteiger partial charge in [0.05, 0.1) is 35.0 Å². The number of ether oxygens (including phenoxy) is 2. The highest BCUT2D eigenvalue weighted by Crippen LogP contribution is 2.51. The molecule has 13 heteroatoms. The number of carbonyl (C=O) groups is 3. The van der Waals surface area contributed by atoms with E-state index >= 15 is 0 Å². The molecular weight excluding hydrogens is 539 g/mol. The van der Waals surface area contributed by atoms with Gasteiger partial charge >= 0.3 is 12.1 Å². The fraction of sp³-hybridized carbons (Fsp3) is 0.444. The van der Waals surface area contributed by atoms with Crippen molar-refractivity contribution in [3.63, 3.8) is 0 Å². The molecule has 0 radical (unpaired) electrons. The first-order valence-corrected chi connectivity index (χ1v) is 12.5. The topological polar surface area (TPSA) is 163 Å². The minimum Gasteiger partial charge on any atom is -0.507 e. The fourth-order valence-electron chi connectivity index (χ4n) is 5.69. The van der Waals surface area contributed by atoms with Crippen molar-refractivity contribution >= 4 is 17.5 Å². The van der Waals surface area contributed by atoms with Crippen LogP contribution in [0.5, 0.6) is 11.5 Å². The number of nitrogens with one attached hydrogen (secondary N) is 1. The quantitative estimate of drug-likeness (QED) is 0.300. The highest BCUT2D eigenvalue weighted by atomic mass is 19.4. The number of rotatable bonds is 3. The van der Waals surface area contributed by atoms with E-state index in [1.807, 2.05) is 0 Å². The lowest BCUT2D eigenvalue weighted by molar-refractivity contribution is -0.250. The van der Waals surface area contributed by atoms with Crippen molar-refractivity contribution in [3.05, 3.63) is 57.6 Å². The maximum Gasteiger partial charge on any atom is 0.471 e. The number of hydrogen-bond acceptors (Lipinski definition) is 9. The SMILES string of the molecule is C[C@@H]1O[C@@H](O[C@H]2C[C@@](C)(O)Cc3c(O)c4c(c(O)c32)C(=O)c2ccccc2C4=O)C[C@H](NC(=O)C(F)(F)F)[C@H]1O. The summed E-state index contributed by atoms with van der Waals surface area (Å²) in [4.78, 5) is 38.1. The molecule has 1 amide bonds. The van der Waals surface area contributed by atoms with Crippen molar-refractivity contribution in [1.82, 2.24) is 5.32 Å². The Hall–Kier alpha value is -3.52. The predicted molar refractivity (Wildman–Crippen MR) is 129 cm³/mol. The molecule has 1 heterocycles. The third-order valence-electron chi connectivity index (χ3n) is 7.56. The van der Waals surface area contributed by atoms with Crippen LogP contribution in [0, 0.1) is 0 Å². The summed E-state index contributed by atoms with van der Waals surface area (Å²) in [6.07, 6.45) is -11.2. The van der Waals surface area contributed by atoms with Crippen molar-refractivity contribution in [2.75, 3.05) is 0 Å². The number of phenols is 2. The zero-order valence-corrected chi connectivity index (χ0v) is 21.3. The second-order valence-electron chi connectivity index (χ2n) is 10.6. The largest absolute Gasteiger partial charge is 0.507 e. The Morgan fingerprint density at radius 3 is 2.25 bits per heavy atom. The molecular formula is C27H26F3NO9. The Morgan fingerprint density at radius 2 is 1.68 bits per heavy atom. The molecule has 214 valence electrons. The number of benzene rings is 2. The van der Waals surface area contributed by atoms with Gasteiger partial charge in [-0.15, -0.1) is 0 Å². The maximum atomic E-state index is 13.3. The number of phenolic OH excluding ortho intramolecular Hbond substituents is 2. The Morgan fingerprint density at radius 1 is 1.10 bits per heavy atom. The molecule has 2 aliphatic carbocycles. The number of alkyl halides is 3. The van der Waals surface area contributed by atoms with Crippen LogP contribution in [0.25, 0.3) is 0 Å². The molecule has 2 aromatic rings. The minimum atomic E-state index is -5.19. The van der Waals surface area contributed by atoms with E-state index in [2.05, 4.69) is 0 Å². The van der Waals surface area contributed by atoms with Crippen molar-refractivity contribution in [2.45, 2.75) is 75.5 Å². The van der Waals surface area contributed by atoms with Gasteiger partial charge in [0.25, 0.3) is 0 Å². The zero-order chi connectivity index (χ0) is 29.3. The average Bonchev–Trinajstić information content (AvgIpc) is 2.86. The summed E-state index contributed by atoms with van der Waals surface area (Å²) in [5, 5.41) is 45.6. The number of aliphatic hydroxyl groups is 2. The standard InChI is InChI=1S/C27H26F3NO9/c1-10-20(32)14(31-25(37)27(28,29)30)7-16(39-10)40-15-9-26(2,38)8-13-17(15)24(36)19-18(23(13)35)21(33)11-5-3-4-6-12(11)22(19)34/h3-6,10,14-16,20,32,35-36,38H,7-9H2,1-2H3,(H,31,37)/t10-,14-,15-,16-,20-,26-/m0/s1. The Bertz CT molecular complexity index is 1420. The van der Waals surface area contributed by atoms with Gasteiger partial charge in [-0.3, -0.25) is 14.4 Å². The van der Waals surface area contributed by atoms with Crippen LogP contribution in [0.3, 0.4) is 0 Å². The minimum absolute atomic E-state index is 0.0246. The van der Waals surface area contributed by atoms with E-state index in [4.69, 9.17) is 9.47 Å². The lowest BCUT2D eigenvalue weighted by Crippen LogP contribution is -2.57. The number of aromatic hydroxyl groups is 2. The highest BCUT2D eigenvalue weighted by Gasteiger charge is 2.47. The van der Waals surface area contributed by atoms with Crippen molar-refractivity contribution in [3.8, 4) is 11.5 Å². The Kier molecular flexibility index (Phi) is 6.69. The normalized spacial score (nSPS) is 29.8. The molecule has 0 saturated carbocycles. The van der Waals surface area contributed by atoms with Crippen LogP contribution >= 0.6 is 0 Å². The van der Waals surface area contributed by atoms with Crippen LogP contribution in [-0.4, -0.2) is 74.2 Å². The second kappa shape index (κ2) is 9.54. The molecule has 0 spiro atoms. The number of amides is 1. The number of halogens is 3. The van der Waals surface area contributed by atoms with Crippen LogP contribution in [0.2, 0.25) is 0 Å². The number of fused-ring (bicyclic) bond motifs is 3. The van der Waals surface area contributed by atoms with Gasteiger partial charge in [-0.2, -0.15) is 13.2 Å². The summed E-state index contributed by atoms with van der Waals surface area (Å²) in [5.41, 5.74) is -2.43. The van der Waals surface area contributed by atoms with E-state index in [1.54, 1.807) is 11.4 Å². The third-order valence-corrected chi connectivity index (χ3v) is 7.56. The molecule has 5 rings (SSSR count). The summed E-state index contributed by atoms with van der Waals surface area (Å²) in [6, 6.07) is 4.50. The summed E-state index contributed by atoms with van der Waals surface area (Å²) >= 11 is 0. The van der Waals surface area contributed by atoms with E-state index in [1.165, 1.54) is 32.0 Å². The zero-order valence-electron chi connectivity index (χ0n) is 21.3. The number of hydrogen-bond donors (Lipinski definition) is 5. The van der Waals surface area contributed by atoms with Crippen molar-refractivity contribution in [1.29, 1.82) is 0 Å². The Labute approximate surface area is 225 Å². The van der Waals surface area contributed by atoms with Gasteiger partial charge in [-0.1, -0.05) is 24.3 Å². The van der Waals surface area contributed by atoms with Crippen LogP contribution in [0.15, 0.2) is 24.3 Å². The fourth-order valence-corrected chi connectivity index (χ4v) is 5.69. The highest BCUT2D eigenvalue weighted by molar-refractivity contribution is 6.30. The molecule has 1 fully saturated rings. The summed E-state index contributed by atoms with van der Waals surface area (Å²) in [7, 11) is 0. The molecule has 1 saturated heterocycles. The van der Waals surface area contributed by atoms with Gasteiger partial charge in [0, 0.05) is 41.5 Å². The molecule has 0 aromatic heterocycles. The van der Waals surface area contributed by atoms with E-state index < -0.39 is 88.9 Å². The van der Waals surface area contributed by atoms with Gasteiger partial charge in [-0.05, 0) is 13.8 Å². The second-order valence-corrected chi connectivity index (χ2v) is 10.6. The van der Waals surface area contributed by atoms with Crippen molar-refractivity contribution < 1.29 is 57.5 Å². The first kappa shape index (κ1) is 28.0. The monoisotopic (exact) mass is 565 g/mol. The van der Waals surface area contributed by atoms with E-state index in [0.29, 0.717) is 0 Å². The summed E-state index contributed by atoms with van der Waals surface area (Å²) in [5.74, 6) is -4.90. The number of ketones is 2. The third kappa shape index (κ3) is 4.62. The molecule has 3 aliphatic rings. The molecule has 2 aromatic carbocycles. The van der Waals surface area contributed by atoms with Crippen LogP contribution in [-0.2, 0) is 20.7 Å². The molecule has 1 aliphatic heterocycles. The molecule has 40 heavy (non-hydrogen) atoms. The van der Waals surface area contributed by atoms with Gasteiger partial charge in [0.15, 0.2) is 17.9 Å². The van der Waals surface area contributed by atoms with Crippen LogP contribution < -0.4 is 5.32 Å². The predicted octanol–water partition coefficient (Wildman–Crippen LogP) is 2.17. The number of carbonyl (C=O) groups excluding carboxylic acids is 3.